The molecule has 1 aliphatic heterocycles. The van der Waals surface area contributed by atoms with E-state index in [9.17, 15) is 4.79 Å². The highest BCUT2D eigenvalue weighted by atomic mass is 16.5. The zero-order valence-corrected chi connectivity index (χ0v) is 16.8. The molecule has 1 aromatic heterocycles. The summed E-state index contributed by atoms with van der Waals surface area (Å²) in [6.07, 6.45) is 0.294. The molecule has 0 radical (unpaired) electrons. The minimum atomic E-state index is 0.0584. The summed E-state index contributed by atoms with van der Waals surface area (Å²) in [7, 11) is 0. The van der Waals surface area contributed by atoms with Crippen LogP contribution in [-0.4, -0.2) is 24.0 Å². The lowest BCUT2D eigenvalue weighted by Gasteiger charge is -2.30. The molecule has 148 valence electrons. The van der Waals surface area contributed by atoms with Crippen molar-refractivity contribution in [3.63, 3.8) is 0 Å². The zero-order chi connectivity index (χ0) is 20.5. The van der Waals surface area contributed by atoms with Gasteiger partial charge in [-0.15, -0.1) is 0 Å². The van der Waals surface area contributed by atoms with Gasteiger partial charge in [0.25, 0.3) is 0 Å². The van der Waals surface area contributed by atoms with E-state index < -0.39 is 0 Å². The number of fused-ring (bicyclic) bond motifs is 2. The van der Waals surface area contributed by atoms with Crippen molar-refractivity contribution >= 4 is 22.5 Å². The van der Waals surface area contributed by atoms with Gasteiger partial charge in [-0.2, -0.15) is 0 Å². The smallest absolute Gasteiger partial charge is 0.231 e. The summed E-state index contributed by atoms with van der Waals surface area (Å²) in [5.41, 5.74) is 5.84. The summed E-state index contributed by atoms with van der Waals surface area (Å²) >= 11 is 0. The molecule has 4 heteroatoms. The molecule has 1 aliphatic rings. The molecule has 3 aromatic carbocycles. The molecule has 1 amide bonds. The molecule has 0 unspecified atom stereocenters. The number of para-hydroxylation sites is 3. The minimum Gasteiger partial charge on any atom is -0.490 e. The highest BCUT2D eigenvalue weighted by Crippen LogP contribution is 2.35. The third-order valence-corrected chi connectivity index (χ3v) is 5.62. The molecule has 4 aromatic rings. The number of carbonyl (C=O) groups excluding carboxylic acids is 1. The molecule has 0 aliphatic carbocycles. The Morgan fingerprint density at radius 3 is 2.57 bits per heavy atom. The fourth-order valence-electron chi connectivity index (χ4n) is 4.20. The summed E-state index contributed by atoms with van der Waals surface area (Å²) in [4.78, 5) is 20.1. The molecule has 2 heterocycles. The minimum absolute atomic E-state index is 0.0584. The van der Waals surface area contributed by atoms with Crippen molar-refractivity contribution < 1.29 is 9.53 Å². The maximum atomic E-state index is 13.4. The second-order valence-corrected chi connectivity index (χ2v) is 7.47. The Morgan fingerprint density at radius 1 is 0.967 bits per heavy atom. The maximum Gasteiger partial charge on any atom is 0.231 e. The topological polar surface area (TPSA) is 42.4 Å². The van der Waals surface area contributed by atoms with Gasteiger partial charge in [0.05, 0.1) is 24.2 Å². The van der Waals surface area contributed by atoms with Crippen molar-refractivity contribution in [2.24, 2.45) is 0 Å². The van der Waals surface area contributed by atoms with E-state index in [1.165, 1.54) is 0 Å². The Hall–Kier alpha value is -3.66. The van der Waals surface area contributed by atoms with Crippen molar-refractivity contribution in [1.82, 2.24) is 4.98 Å². The average Bonchev–Trinajstić information content (AvgIpc) is 2.79. The van der Waals surface area contributed by atoms with Gasteiger partial charge in [0.15, 0.2) is 0 Å². The lowest BCUT2D eigenvalue weighted by Crippen LogP contribution is -2.39. The molecule has 0 N–H and O–H groups in total. The van der Waals surface area contributed by atoms with Crippen molar-refractivity contribution in [2.45, 2.75) is 13.3 Å². The van der Waals surface area contributed by atoms with E-state index >= 15 is 0 Å². The third kappa shape index (κ3) is 3.20. The second kappa shape index (κ2) is 7.64. The number of carbonyl (C=O) groups is 1. The fraction of sp³-hybridized carbons (Fsp3) is 0.154. The number of amides is 1. The summed E-state index contributed by atoms with van der Waals surface area (Å²) in [5, 5.41) is 1.07. The first-order valence-corrected chi connectivity index (χ1v) is 10.2. The van der Waals surface area contributed by atoms with Crippen LogP contribution in [0.15, 0.2) is 78.9 Å². The predicted molar refractivity (Wildman–Crippen MR) is 120 cm³/mol. The summed E-state index contributed by atoms with van der Waals surface area (Å²) in [6.45, 7) is 3.05. The molecule has 30 heavy (non-hydrogen) atoms. The highest BCUT2D eigenvalue weighted by Gasteiger charge is 2.25. The van der Waals surface area contributed by atoms with E-state index in [2.05, 4.69) is 18.2 Å². The monoisotopic (exact) mass is 394 g/mol. The molecule has 0 spiro atoms. The molecular weight excluding hydrogens is 372 g/mol. The van der Waals surface area contributed by atoms with Crippen LogP contribution in [0.4, 0.5) is 5.69 Å². The molecule has 0 atom stereocenters. The Morgan fingerprint density at radius 2 is 1.70 bits per heavy atom. The summed E-state index contributed by atoms with van der Waals surface area (Å²) < 4.78 is 5.72. The van der Waals surface area contributed by atoms with Crippen LogP contribution >= 0.6 is 0 Å². The lowest BCUT2D eigenvalue weighted by atomic mass is 9.92. The Bertz CT molecular complexity index is 1230. The number of pyridine rings is 1. The van der Waals surface area contributed by atoms with Crippen molar-refractivity contribution in [2.75, 3.05) is 18.1 Å². The maximum absolute atomic E-state index is 13.4. The summed E-state index contributed by atoms with van der Waals surface area (Å²) in [6, 6.07) is 26.1. The van der Waals surface area contributed by atoms with Gasteiger partial charge < -0.3 is 9.64 Å². The normalized spacial score (nSPS) is 13.0. The molecule has 5 rings (SSSR count). The van der Waals surface area contributed by atoms with Crippen LogP contribution in [0, 0.1) is 6.92 Å². The van der Waals surface area contributed by atoms with Crippen molar-refractivity contribution in [3.05, 3.63) is 90.1 Å². The molecule has 0 saturated carbocycles. The van der Waals surface area contributed by atoms with Crippen LogP contribution in [-0.2, 0) is 11.2 Å². The molecule has 0 fully saturated rings. The van der Waals surface area contributed by atoms with E-state index in [4.69, 9.17) is 9.72 Å². The second-order valence-electron chi connectivity index (χ2n) is 7.47. The fourth-order valence-corrected chi connectivity index (χ4v) is 4.20. The zero-order valence-electron chi connectivity index (χ0n) is 16.8. The first-order valence-electron chi connectivity index (χ1n) is 10.2. The van der Waals surface area contributed by atoms with Crippen LogP contribution in [0.2, 0.25) is 0 Å². The van der Waals surface area contributed by atoms with Gasteiger partial charge in [0.1, 0.15) is 12.4 Å². The number of ether oxygens (including phenoxy) is 1. The number of benzene rings is 3. The van der Waals surface area contributed by atoms with Crippen LogP contribution in [0.1, 0.15) is 11.3 Å². The Kier molecular flexibility index (Phi) is 4.68. The first-order chi connectivity index (χ1) is 14.7. The molecule has 4 nitrogen and oxygen atoms in total. The Balaban J connectivity index is 1.62. The van der Waals surface area contributed by atoms with E-state index in [0.29, 0.717) is 19.6 Å². The first kappa shape index (κ1) is 18.4. The number of hydrogen-bond donors (Lipinski definition) is 0. The van der Waals surface area contributed by atoms with Crippen LogP contribution in [0.5, 0.6) is 5.75 Å². The standard InChI is InChI=1S/C26H22N2O2/c1-18-21(17-25(29)28-15-16-30-24-14-8-7-13-23(24)28)26(19-9-3-2-4-10-19)20-11-5-6-12-22(20)27-18/h2-14H,15-17H2,1H3. The SMILES string of the molecule is Cc1nc2ccccc2c(-c2ccccc2)c1CC(=O)N1CCOc2ccccc21. The van der Waals surface area contributed by atoms with Crippen molar-refractivity contribution in [3.8, 4) is 16.9 Å². The highest BCUT2D eigenvalue weighted by molar-refractivity contribution is 6.01. The van der Waals surface area contributed by atoms with Crippen molar-refractivity contribution in [1.29, 1.82) is 0 Å². The van der Waals surface area contributed by atoms with Gasteiger partial charge in [-0.25, -0.2) is 0 Å². The molecular formula is C26H22N2O2. The van der Waals surface area contributed by atoms with Crippen LogP contribution in [0.25, 0.3) is 22.0 Å². The number of nitrogens with zero attached hydrogens (tertiary/aromatic N) is 2. The molecule has 0 bridgehead atoms. The van der Waals surface area contributed by atoms with Gasteiger partial charge >= 0.3 is 0 Å². The van der Waals surface area contributed by atoms with Crippen LogP contribution in [0.3, 0.4) is 0 Å². The van der Waals surface area contributed by atoms with E-state index in [0.717, 1.165) is 44.7 Å². The number of rotatable bonds is 3. The number of hydrogen-bond acceptors (Lipinski definition) is 3. The average molecular weight is 394 g/mol. The number of aromatic nitrogens is 1. The van der Waals surface area contributed by atoms with E-state index in [-0.39, 0.29) is 5.91 Å². The van der Waals surface area contributed by atoms with Crippen LogP contribution < -0.4 is 9.64 Å². The predicted octanol–water partition coefficient (Wildman–Crippen LogP) is 5.18. The van der Waals surface area contributed by atoms with E-state index in [1.54, 1.807) is 0 Å². The van der Waals surface area contributed by atoms with Gasteiger partial charge in [0, 0.05) is 11.1 Å². The van der Waals surface area contributed by atoms with Gasteiger partial charge in [0.2, 0.25) is 5.91 Å². The van der Waals surface area contributed by atoms with Gasteiger partial charge in [-0.05, 0) is 41.8 Å². The van der Waals surface area contributed by atoms with E-state index in [1.807, 2.05) is 72.5 Å². The Labute approximate surface area is 175 Å². The number of aryl methyl sites for hydroxylation is 1. The third-order valence-electron chi connectivity index (χ3n) is 5.62. The van der Waals surface area contributed by atoms with Gasteiger partial charge in [-0.1, -0.05) is 60.7 Å². The largest absolute Gasteiger partial charge is 0.490 e. The summed E-state index contributed by atoms with van der Waals surface area (Å²) in [5.74, 6) is 0.817. The molecule has 0 saturated heterocycles. The lowest BCUT2D eigenvalue weighted by molar-refractivity contribution is -0.118. The number of anilines is 1. The van der Waals surface area contributed by atoms with Gasteiger partial charge in [-0.3, -0.25) is 9.78 Å². The quantitative estimate of drug-likeness (QED) is 0.481.